The van der Waals surface area contributed by atoms with E-state index in [1.807, 2.05) is 6.07 Å². The van der Waals surface area contributed by atoms with Crippen molar-refractivity contribution in [2.75, 3.05) is 12.4 Å². The lowest BCUT2D eigenvalue weighted by Gasteiger charge is -2.19. The molecule has 2 aromatic rings. The van der Waals surface area contributed by atoms with E-state index in [4.69, 9.17) is 4.74 Å². The van der Waals surface area contributed by atoms with E-state index in [-0.39, 0.29) is 5.41 Å². The first kappa shape index (κ1) is 16.9. The van der Waals surface area contributed by atoms with Gasteiger partial charge in [-0.05, 0) is 23.4 Å². The van der Waals surface area contributed by atoms with E-state index in [2.05, 4.69) is 54.4 Å². The molecule has 0 aliphatic rings. The highest BCUT2D eigenvalue weighted by Gasteiger charge is 2.19. The quantitative estimate of drug-likeness (QED) is 0.868. The molecule has 120 valence electrons. The minimum Gasteiger partial charge on any atom is -0.378 e. The highest BCUT2D eigenvalue weighted by molar-refractivity contribution is 7.10. The van der Waals surface area contributed by atoms with Crippen molar-refractivity contribution in [3.63, 3.8) is 0 Å². The van der Waals surface area contributed by atoms with Crippen LogP contribution < -0.4 is 5.32 Å². The van der Waals surface area contributed by atoms with Crippen LogP contribution in [-0.4, -0.2) is 17.1 Å². The van der Waals surface area contributed by atoms with Crippen LogP contribution in [0, 0.1) is 0 Å². The number of methoxy groups -OCH3 is 1. The Morgan fingerprint density at radius 2 is 2.05 bits per heavy atom. The van der Waals surface area contributed by atoms with Gasteiger partial charge in [0, 0.05) is 23.5 Å². The van der Waals surface area contributed by atoms with Crippen LogP contribution in [0.4, 0.5) is 5.82 Å². The summed E-state index contributed by atoms with van der Waals surface area (Å²) in [4.78, 5) is 10.6. The molecule has 22 heavy (non-hydrogen) atoms. The Balaban J connectivity index is 2.20. The Kier molecular flexibility index (Phi) is 5.53. The molecule has 2 rings (SSSR count). The lowest BCUT2D eigenvalue weighted by Crippen LogP contribution is -2.18. The monoisotopic (exact) mass is 319 g/mol. The topological polar surface area (TPSA) is 47.0 Å². The third kappa shape index (κ3) is 4.27. The second-order valence-corrected chi connectivity index (χ2v) is 7.33. The van der Waals surface area contributed by atoms with Gasteiger partial charge in [0.1, 0.15) is 11.6 Å². The highest BCUT2D eigenvalue weighted by Crippen LogP contribution is 2.22. The normalized spacial score (nSPS) is 11.7. The third-order valence-electron chi connectivity index (χ3n) is 3.39. The Hall–Kier alpha value is -1.46. The molecule has 2 aromatic heterocycles. The molecule has 0 saturated carbocycles. The van der Waals surface area contributed by atoms with E-state index < -0.39 is 0 Å². The van der Waals surface area contributed by atoms with Crippen LogP contribution in [0.5, 0.6) is 0 Å². The van der Waals surface area contributed by atoms with Crippen molar-refractivity contribution in [3.05, 3.63) is 39.5 Å². The van der Waals surface area contributed by atoms with Gasteiger partial charge in [0.2, 0.25) is 0 Å². The van der Waals surface area contributed by atoms with Crippen molar-refractivity contribution in [2.24, 2.45) is 0 Å². The second kappa shape index (κ2) is 7.20. The first-order chi connectivity index (χ1) is 10.4. The van der Waals surface area contributed by atoms with Crippen LogP contribution in [0.2, 0.25) is 0 Å². The molecule has 0 unspecified atom stereocenters. The number of nitrogens with zero attached hydrogens (tertiary/aromatic N) is 2. The summed E-state index contributed by atoms with van der Waals surface area (Å²) in [5, 5.41) is 5.58. The van der Waals surface area contributed by atoms with Crippen molar-refractivity contribution < 1.29 is 4.74 Å². The summed E-state index contributed by atoms with van der Waals surface area (Å²) in [5.41, 5.74) is 2.23. The molecule has 5 heteroatoms. The van der Waals surface area contributed by atoms with Gasteiger partial charge in [0.25, 0.3) is 0 Å². The average molecular weight is 319 g/mol. The van der Waals surface area contributed by atoms with Gasteiger partial charge in [-0.15, -0.1) is 11.3 Å². The number of nitrogens with one attached hydrogen (secondary N) is 1. The van der Waals surface area contributed by atoms with Crippen molar-refractivity contribution in [3.8, 4) is 0 Å². The molecular formula is C17H25N3OS. The summed E-state index contributed by atoms with van der Waals surface area (Å²) in [6.45, 7) is 9.85. The Labute approximate surface area is 137 Å². The fraction of sp³-hybridized carbons (Fsp3) is 0.529. The minimum absolute atomic E-state index is 0.0856. The molecular weight excluding hydrogens is 294 g/mol. The third-order valence-corrected chi connectivity index (χ3v) is 4.35. The Bertz CT molecular complexity index is 617. The zero-order valence-electron chi connectivity index (χ0n) is 14.1. The van der Waals surface area contributed by atoms with E-state index in [1.165, 1.54) is 10.4 Å². The molecule has 4 nitrogen and oxygen atoms in total. The molecule has 0 aliphatic heterocycles. The number of hydrogen-bond acceptors (Lipinski definition) is 5. The summed E-state index contributed by atoms with van der Waals surface area (Å²) in [5.74, 6) is 1.70. The Morgan fingerprint density at radius 1 is 1.27 bits per heavy atom. The van der Waals surface area contributed by atoms with Crippen molar-refractivity contribution in [2.45, 2.75) is 52.7 Å². The van der Waals surface area contributed by atoms with Crippen LogP contribution in [0.25, 0.3) is 0 Å². The molecule has 0 atom stereocenters. The molecule has 2 heterocycles. The van der Waals surface area contributed by atoms with Gasteiger partial charge in [-0.1, -0.05) is 27.7 Å². The van der Waals surface area contributed by atoms with Gasteiger partial charge in [0.15, 0.2) is 0 Å². The minimum atomic E-state index is -0.0856. The largest absolute Gasteiger partial charge is 0.378 e. The van der Waals surface area contributed by atoms with Gasteiger partial charge in [0.05, 0.1) is 18.8 Å². The van der Waals surface area contributed by atoms with Gasteiger partial charge in [-0.3, -0.25) is 0 Å². The number of rotatable bonds is 6. The summed E-state index contributed by atoms with van der Waals surface area (Å²) in [6.07, 6.45) is 1.06. The van der Waals surface area contributed by atoms with Crippen LogP contribution in [0.1, 0.15) is 49.7 Å². The molecule has 0 aliphatic carbocycles. The van der Waals surface area contributed by atoms with Crippen LogP contribution in [0.15, 0.2) is 17.5 Å². The van der Waals surface area contributed by atoms with Crippen LogP contribution in [-0.2, 0) is 29.7 Å². The van der Waals surface area contributed by atoms with Crippen LogP contribution >= 0.6 is 11.3 Å². The molecule has 0 bridgehead atoms. The summed E-state index contributed by atoms with van der Waals surface area (Å²) in [7, 11) is 1.69. The maximum absolute atomic E-state index is 5.22. The van der Waals surface area contributed by atoms with Gasteiger partial charge in [-0.25, -0.2) is 9.97 Å². The zero-order valence-corrected chi connectivity index (χ0v) is 14.9. The summed E-state index contributed by atoms with van der Waals surface area (Å²) < 4.78 is 5.22. The number of aromatic nitrogens is 2. The van der Waals surface area contributed by atoms with Gasteiger partial charge in [-0.2, -0.15) is 0 Å². The molecule has 1 N–H and O–H groups in total. The first-order valence-corrected chi connectivity index (χ1v) is 8.48. The molecule has 0 radical (unpaired) electrons. The SMILES string of the molecule is CCc1ccsc1CNc1cc(COC)nc(C(C)(C)C)n1. The maximum Gasteiger partial charge on any atom is 0.136 e. The van der Waals surface area contributed by atoms with E-state index in [1.54, 1.807) is 18.4 Å². The molecule has 0 saturated heterocycles. The molecule has 0 aromatic carbocycles. The fourth-order valence-corrected chi connectivity index (χ4v) is 3.07. The number of ether oxygens (including phenoxy) is 1. The first-order valence-electron chi connectivity index (χ1n) is 7.60. The standard InChI is InChI=1S/C17H25N3OS/c1-6-12-7-8-22-14(12)10-18-15-9-13(11-21-5)19-16(20-15)17(2,3)4/h7-9H,6,10-11H2,1-5H3,(H,18,19,20). The number of aryl methyl sites for hydroxylation is 1. The van der Waals surface area contributed by atoms with E-state index in [0.29, 0.717) is 6.61 Å². The lowest BCUT2D eigenvalue weighted by atomic mass is 9.95. The van der Waals surface area contributed by atoms with Crippen LogP contribution in [0.3, 0.4) is 0 Å². The lowest BCUT2D eigenvalue weighted by molar-refractivity contribution is 0.181. The zero-order chi connectivity index (χ0) is 16.2. The average Bonchev–Trinajstić information content (AvgIpc) is 2.92. The Morgan fingerprint density at radius 3 is 2.68 bits per heavy atom. The summed E-state index contributed by atoms with van der Waals surface area (Å²) in [6, 6.07) is 4.16. The maximum atomic E-state index is 5.22. The van der Waals surface area contributed by atoms with Gasteiger partial charge < -0.3 is 10.1 Å². The summed E-state index contributed by atoms with van der Waals surface area (Å²) >= 11 is 1.79. The van der Waals surface area contributed by atoms with Crippen molar-refractivity contribution in [1.29, 1.82) is 0 Å². The highest BCUT2D eigenvalue weighted by atomic mass is 32.1. The molecule has 0 amide bonds. The fourth-order valence-electron chi connectivity index (χ4n) is 2.15. The van der Waals surface area contributed by atoms with E-state index in [9.17, 15) is 0 Å². The molecule has 0 spiro atoms. The number of anilines is 1. The van der Waals surface area contributed by atoms with E-state index in [0.717, 1.165) is 30.3 Å². The number of thiophene rings is 1. The van der Waals surface area contributed by atoms with Crippen molar-refractivity contribution >= 4 is 17.2 Å². The predicted octanol–water partition coefficient (Wildman–Crippen LogP) is 4.16. The smallest absolute Gasteiger partial charge is 0.136 e. The van der Waals surface area contributed by atoms with Crippen molar-refractivity contribution in [1.82, 2.24) is 9.97 Å². The molecule has 0 fully saturated rings. The van der Waals surface area contributed by atoms with E-state index >= 15 is 0 Å². The number of hydrogen-bond donors (Lipinski definition) is 1. The predicted molar refractivity (Wildman–Crippen MR) is 92.5 cm³/mol. The second-order valence-electron chi connectivity index (χ2n) is 6.33. The van der Waals surface area contributed by atoms with Gasteiger partial charge >= 0.3 is 0 Å².